The SMILES string of the molecule is O=C(O)c1cc(-c2ccc(C(F)(F)F)cc2)nc2cc3c(cc12)OCCO3. The molecular formula is C19H12F3NO4. The molecule has 138 valence electrons. The summed E-state index contributed by atoms with van der Waals surface area (Å²) in [7, 11) is 0. The normalized spacial score (nSPS) is 13.6. The second kappa shape index (κ2) is 6.15. The topological polar surface area (TPSA) is 68.7 Å². The van der Waals surface area contributed by atoms with E-state index in [0.717, 1.165) is 12.1 Å². The highest BCUT2D eigenvalue weighted by Crippen LogP contribution is 2.37. The maximum Gasteiger partial charge on any atom is 0.416 e. The Morgan fingerprint density at radius 1 is 1.00 bits per heavy atom. The van der Waals surface area contributed by atoms with Crippen molar-refractivity contribution in [3.8, 4) is 22.8 Å². The molecule has 4 rings (SSSR count). The molecule has 27 heavy (non-hydrogen) atoms. The largest absolute Gasteiger partial charge is 0.486 e. The van der Waals surface area contributed by atoms with Crippen LogP contribution in [-0.2, 0) is 6.18 Å². The molecule has 0 saturated heterocycles. The average molecular weight is 375 g/mol. The maximum absolute atomic E-state index is 12.7. The Bertz CT molecular complexity index is 1050. The zero-order valence-electron chi connectivity index (χ0n) is 13.7. The number of hydrogen-bond acceptors (Lipinski definition) is 4. The minimum absolute atomic E-state index is 0.0214. The second-order valence-corrected chi connectivity index (χ2v) is 5.95. The number of aromatic nitrogens is 1. The van der Waals surface area contributed by atoms with E-state index in [1.165, 1.54) is 18.2 Å². The maximum atomic E-state index is 12.7. The molecule has 3 aromatic rings. The van der Waals surface area contributed by atoms with Crippen molar-refractivity contribution in [2.75, 3.05) is 13.2 Å². The first kappa shape index (κ1) is 17.1. The number of pyridine rings is 1. The Labute approximate surface area is 151 Å². The minimum Gasteiger partial charge on any atom is -0.486 e. The van der Waals surface area contributed by atoms with Crippen molar-refractivity contribution in [3.63, 3.8) is 0 Å². The number of rotatable bonds is 2. The first-order chi connectivity index (χ1) is 12.8. The van der Waals surface area contributed by atoms with Crippen molar-refractivity contribution in [1.29, 1.82) is 0 Å². The van der Waals surface area contributed by atoms with Crippen molar-refractivity contribution in [2.24, 2.45) is 0 Å². The molecule has 1 aromatic heterocycles. The van der Waals surface area contributed by atoms with E-state index in [0.29, 0.717) is 41.2 Å². The molecule has 0 unspecified atom stereocenters. The van der Waals surface area contributed by atoms with E-state index < -0.39 is 17.7 Å². The van der Waals surface area contributed by atoms with Gasteiger partial charge in [-0.3, -0.25) is 0 Å². The summed E-state index contributed by atoms with van der Waals surface area (Å²) >= 11 is 0. The summed E-state index contributed by atoms with van der Waals surface area (Å²) in [5, 5.41) is 9.92. The summed E-state index contributed by atoms with van der Waals surface area (Å²) < 4.78 is 49.2. The Kier molecular flexibility index (Phi) is 3.91. The number of carboxylic acids is 1. The van der Waals surface area contributed by atoms with Crippen LogP contribution >= 0.6 is 0 Å². The van der Waals surface area contributed by atoms with Crippen LogP contribution < -0.4 is 9.47 Å². The van der Waals surface area contributed by atoms with Crippen LogP contribution in [0.2, 0.25) is 0 Å². The van der Waals surface area contributed by atoms with E-state index in [1.54, 1.807) is 12.1 Å². The van der Waals surface area contributed by atoms with Gasteiger partial charge in [-0.05, 0) is 24.3 Å². The summed E-state index contributed by atoms with van der Waals surface area (Å²) in [6.07, 6.45) is -4.45. The predicted octanol–water partition coefficient (Wildman–Crippen LogP) is 4.39. The fourth-order valence-corrected chi connectivity index (χ4v) is 2.92. The molecule has 2 aromatic carbocycles. The third-order valence-electron chi connectivity index (χ3n) is 4.21. The first-order valence-corrected chi connectivity index (χ1v) is 7.98. The van der Waals surface area contributed by atoms with Crippen LogP contribution in [0.4, 0.5) is 13.2 Å². The van der Waals surface area contributed by atoms with Gasteiger partial charge in [-0.2, -0.15) is 13.2 Å². The number of halogens is 3. The van der Waals surface area contributed by atoms with Crippen molar-refractivity contribution in [2.45, 2.75) is 6.18 Å². The Morgan fingerprint density at radius 2 is 1.63 bits per heavy atom. The molecule has 0 amide bonds. The zero-order valence-corrected chi connectivity index (χ0v) is 13.7. The average Bonchev–Trinajstić information content (AvgIpc) is 2.64. The van der Waals surface area contributed by atoms with Crippen LogP contribution in [0.25, 0.3) is 22.2 Å². The lowest BCUT2D eigenvalue weighted by atomic mass is 10.0. The molecule has 5 nitrogen and oxygen atoms in total. The standard InChI is InChI=1S/C19H12F3NO4/c20-19(21,22)11-3-1-10(2-4-11)14-7-13(18(24)25)12-8-16-17(9-15(12)23-14)27-6-5-26-16/h1-4,7-9H,5-6H2,(H,24,25). The second-order valence-electron chi connectivity index (χ2n) is 5.95. The number of aromatic carboxylic acids is 1. The van der Waals surface area contributed by atoms with Crippen molar-refractivity contribution in [1.82, 2.24) is 4.98 Å². The van der Waals surface area contributed by atoms with Crippen LogP contribution in [0.5, 0.6) is 11.5 Å². The molecule has 8 heteroatoms. The van der Waals surface area contributed by atoms with Crippen molar-refractivity contribution >= 4 is 16.9 Å². The summed E-state index contributed by atoms with van der Waals surface area (Å²) in [4.78, 5) is 16.1. The third-order valence-corrected chi connectivity index (χ3v) is 4.21. The minimum atomic E-state index is -4.45. The van der Waals surface area contributed by atoms with Gasteiger partial charge in [-0.1, -0.05) is 12.1 Å². The van der Waals surface area contributed by atoms with Gasteiger partial charge >= 0.3 is 12.1 Å². The van der Waals surface area contributed by atoms with E-state index >= 15 is 0 Å². The number of carboxylic acid groups (broad SMARTS) is 1. The quantitative estimate of drug-likeness (QED) is 0.720. The third kappa shape index (κ3) is 3.14. The van der Waals surface area contributed by atoms with Gasteiger partial charge in [0, 0.05) is 17.0 Å². The highest BCUT2D eigenvalue weighted by atomic mass is 19.4. The number of benzene rings is 2. The molecular weight excluding hydrogens is 363 g/mol. The number of alkyl halides is 3. The highest BCUT2D eigenvalue weighted by Gasteiger charge is 2.30. The van der Waals surface area contributed by atoms with Gasteiger partial charge in [0.1, 0.15) is 13.2 Å². The van der Waals surface area contributed by atoms with Crippen LogP contribution in [-0.4, -0.2) is 29.3 Å². The molecule has 0 saturated carbocycles. The van der Waals surface area contributed by atoms with E-state index in [-0.39, 0.29) is 11.3 Å². The van der Waals surface area contributed by atoms with Gasteiger partial charge in [-0.25, -0.2) is 9.78 Å². The molecule has 1 aliphatic heterocycles. The summed E-state index contributed by atoms with van der Waals surface area (Å²) in [6.45, 7) is 0.723. The number of hydrogen-bond donors (Lipinski definition) is 1. The van der Waals surface area contributed by atoms with E-state index in [1.807, 2.05) is 0 Å². The number of carbonyl (C=O) groups is 1. The van der Waals surface area contributed by atoms with Crippen molar-refractivity contribution < 1.29 is 32.5 Å². The van der Waals surface area contributed by atoms with Crippen molar-refractivity contribution in [3.05, 3.63) is 53.6 Å². The smallest absolute Gasteiger partial charge is 0.416 e. The zero-order chi connectivity index (χ0) is 19.2. The van der Waals surface area contributed by atoms with E-state index in [2.05, 4.69) is 4.98 Å². The van der Waals surface area contributed by atoms with E-state index in [4.69, 9.17) is 9.47 Å². The van der Waals surface area contributed by atoms with Crippen LogP contribution in [0, 0.1) is 0 Å². The fourth-order valence-electron chi connectivity index (χ4n) is 2.92. The molecule has 0 radical (unpaired) electrons. The number of ether oxygens (including phenoxy) is 2. The first-order valence-electron chi connectivity index (χ1n) is 7.98. The fraction of sp³-hybridized carbons (Fsp3) is 0.158. The molecule has 0 bridgehead atoms. The molecule has 0 spiro atoms. The Morgan fingerprint density at radius 3 is 2.22 bits per heavy atom. The lowest BCUT2D eigenvalue weighted by Crippen LogP contribution is -2.15. The molecule has 1 N–H and O–H groups in total. The Balaban J connectivity index is 1.87. The Hall–Kier alpha value is -3.29. The summed E-state index contributed by atoms with van der Waals surface area (Å²) in [5.41, 5.74) is 0.179. The van der Waals surface area contributed by atoms with Gasteiger partial charge < -0.3 is 14.6 Å². The number of fused-ring (bicyclic) bond motifs is 2. The molecule has 0 aliphatic carbocycles. The van der Waals surface area contributed by atoms with Crippen LogP contribution in [0.3, 0.4) is 0 Å². The molecule has 0 atom stereocenters. The molecule has 2 heterocycles. The predicted molar refractivity (Wildman–Crippen MR) is 90.1 cm³/mol. The van der Waals surface area contributed by atoms with Gasteiger partial charge in [0.25, 0.3) is 0 Å². The molecule has 0 fully saturated rings. The van der Waals surface area contributed by atoms with E-state index in [9.17, 15) is 23.1 Å². The summed E-state index contributed by atoms with van der Waals surface area (Å²) in [5.74, 6) is -0.297. The van der Waals surface area contributed by atoms with Crippen LogP contribution in [0.15, 0.2) is 42.5 Å². The van der Waals surface area contributed by atoms with Gasteiger partial charge in [-0.15, -0.1) is 0 Å². The monoisotopic (exact) mass is 375 g/mol. The molecule has 1 aliphatic rings. The lowest BCUT2D eigenvalue weighted by Gasteiger charge is -2.19. The lowest BCUT2D eigenvalue weighted by molar-refractivity contribution is -0.137. The highest BCUT2D eigenvalue weighted by molar-refractivity contribution is 6.04. The summed E-state index contributed by atoms with van der Waals surface area (Å²) in [6, 6.07) is 8.86. The number of nitrogens with zero attached hydrogens (tertiary/aromatic N) is 1. The van der Waals surface area contributed by atoms with Gasteiger partial charge in [0.15, 0.2) is 11.5 Å². The van der Waals surface area contributed by atoms with Gasteiger partial charge in [0.05, 0.1) is 22.3 Å². The van der Waals surface area contributed by atoms with Gasteiger partial charge in [0.2, 0.25) is 0 Å². The van der Waals surface area contributed by atoms with Crippen LogP contribution in [0.1, 0.15) is 15.9 Å².